The van der Waals surface area contributed by atoms with Crippen molar-refractivity contribution >= 4 is 17.7 Å². The molecule has 2 aliphatic rings. The number of carbonyl (C=O) groups is 3. The highest BCUT2D eigenvalue weighted by Crippen LogP contribution is 2.18. The molecule has 1 aromatic carbocycles. The normalized spacial score (nSPS) is 18.5. The Kier molecular flexibility index (Phi) is 5.91. The molecule has 1 N–H and O–H groups in total. The van der Waals surface area contributed by atoms with Crippen LogP contribution in [0.2, 0.25) is 0 Å². The molecule has 0 radical (unpaired) electrons. The first-order valence-electron chi connectivity index (χ1n) is 9.50. The molecule has 26 heavy (non-hydrogen) atoms. The molecule has 0 atom stereocenters. The van der Waals surface area contributed by atoms with E-state index in [2.05, 4.69) is 5.32 Å². The van der Waals surface area contributed by atoms with E-state index >= 15 is 0 Å². The second-order valence-corrected chi connectivity index (χ2v) is 7.19. The van der Waals surface area contributed by atoms with E-state index in [-0.39, 0.29) is 23.8 Å². The van der Waals surface area contributed by atoms with Gasteiger partial charge in [0.1, 0.15) is 0 Å². The number of rotatable bonds is 3. The fraction of sp³-hybridized carbons (Fsp3) is 0.550. The number of hydrogen-bond acceptors (Lipinski definition) is 3. The molecule has 0 bridgehead atoms. The summed E-state index contributed by atoms with van der Waals surface area (Å²) in [6.07, 6.45) is 5.63. The third-order valence-corrected chi connectivity index (χ3v) is 5.32. The van der Waals surface area contributed by atoms with Crippen LogP contribution in [0.25, 0.3) is 0 Å². The molecule has 140 valence electrons. The Labute approximate surface area is 154 Å². The molecule has 3 amide bonds. The summed E-state index contributed by atoms with van der Waals surface area (Å²) in [4.78, 5) is 40.1. The van der Waals surface area contributed by atoms with Gasteiger partial charge in [-0.2, -0.15) is 0 Å². The highest BCUT2D eigenvalue weighted by Gasteiger charge is 2.24. The molecule has 6 heteroatoms. The molecule has 3 rings (SSSR count). The van der Waals surface area contributed by atoms with Crippen LogP contribution in [0.3, 0.4) is 0 Å². The molecule has 0 unspecified atom stereocenters. The van der Waals surface area contributed by atoms with E-state index in [9.17, 15) is 14.4 Å². The summed E-state index contributed by atoms with van der Waals surface area (Å²) in [7, 11) is 0. The molecule has 1 aliphatic heterocycles. The maximum atomic E-state index is 12.7. The zero-order valence-electron chi connectivity index (χ0n) is 15.4. The first-order chi connectivity index (χ1) is 12.5. The summed E-state index contributed by atoms with van der Waals surface area (Å²) in [6, 6.07) is 7.18. The van der Waals surface area contributed by atoms with Gasteiger partial charge in [0.05, 0.1) is 0 Å². The minimum atomic E-state index is -0.104. The number of benzene rings is 1. The van der Waals surface area contributed by atoms with Gasteiger partial charge in [-0.15, -0.1) is 0 Å². The fourth-order valence-corrected chi connectivity index (χ4v) is 3.72. The Balaban J connectivity index is 1.62. The smallest absolute Gasteiger partial charge is 0.253 e. The van der Waals surface area contributed by atoms with Gasteiger partial charge in [0.2, 0.25) is 5.91 Å². The molecule has 1 aliphatic carbocycles. The predicted octanol–water partition coefficient (Wildman–Crippen LogP) is 2.05. The third-order valence-electron chi connectivity index (χ3n) is 5.32. The topological polar surface area (TPSA) is 69.7 Å². The quantitative estimate of drug-likeness (QED) is 0.900. The van der Waals surface area contributed by atoms with Gasteiger partial charge >= 0.3 is 0 Å². The summed E-state index contributed by atoms with van der Waals surface area (Å²) >= 11 is 0. The van der Waals surface area contributed by atoms with Crippen molar-refractivity contribution in [3.8, 4) is 0 Å². The zero-order chi connectivity index (χ0) is 18.5. The number of nitrogens with zero attached hydrogens (tertiary/aromatic N) is 2. The minimum Gasteiger partial charge on any atom is -0.349 e. The van der Waals surface area contributed by atoms with E-state index in [1.807, 2.05) is 0 Å². The Morgan fingerprint density at radius 3 is 2.19 bits per heavy atom. The molecular weight excluding hydrogens is 330 g/mol. The lowest BCUT2D eigenvalue weighted by Crippen LogP contribution is -2.50. The van der Waals surface area contributed by atoms with Crippen molar-refractivity contribution in [3.05, 3.63) is 35.4 Å². The lowest BCUT2D eigenvalue weighted by atomic mass is 9.95. The van der Waals surface area contributed by atoms with Crippen molar-refractivity contribution in [2.45, 2.75) is 45.1 Å². The predicted molar refractivity (Wildman–Crippen MR) is 98.9 cm³/mol. The standard InChI is InChI=1S/C20H27N3O3/c1-15(24)22-10-12-23(13-11-22)20(26)17-7-5-6-16(14-17)19(25)21-18-8-3-2-4-9-18/h5-7,14,18H,2-4,8-13H2,1H3,(H,21,25). The van der Waals surface area contributed by atoms with Crippen LogP contribution in [0.15, 0.2) is 24.3 Å². The summed E-state index contributed by atoms with van der Waals surface area (Å²) in [6.45, 7) is 3.71. The molecule has 1 saturated heterocycles. The van der Waals surface area contributed by atoms with Gasteiger partial charge in [-0.1, -0.05) is 25.3 Å². The molecule has 0 aromatic heterocycles. The lowest BCUT2D eigenvalue weighted by molar-refractivity contribution is -0.130. The minimum absolute atomic E-state index is 0.0403. The molecule has 1 heterocycles. The van der Waals surface area contributed by atoms with Gasteiger partial charge in [0.25, 0.3) is 11.8 Å². The van der Waals surface area contributed by atoms with Crippen LogP contribution in [0.4, 0.5) is 0 Å². The van der Waals surface area contributed by atoms with Gasteiger partial charge in [-0.25, -0.2) is 0 Å². The van der Waals surface area contributed by atoms with Crippen LogP contribution in [0.5, 0.6) is 0 Å². The van der Waals surface area contributed by atoms with Gasteiger partial charge in [-0.05, 0) is 31.0 Å². The Hall–Kier alpha value is -2.37. The Bertz CT molecular complexity index is 675. The summed E-state index contributed by atoms with van der Waals surface area (Å²) in [5.74, 6) is -0.146. The van der Waals surface area contributed by atoms with Gasteiger partial charge in [-0.3, -0.25) is 14.4 Å². The Morgan fingerprint density at radius 2 is 1.54 bits per heavy atom. The number of amides is 3. The first-order valence-corrected chi connectivity index (χ1v) is 9.50. The molecule has 0 spiro atoms. The number of hydrogen-bond donors (Lipinski definition) is 1. The average Bonchev–Trinajstić information content (AvgIpc) is 2.68. The van der Waals surface area contributed by atoms with Crippen molar-refractivity contribution in [1.82, 2.24) is 15.1 Å². The van der Waals surface area contributed by atoms with Crippen LogP contribution < -0.4 is 5.32 Å². The highest BCUT2D eigenvalue weighted by molar-refractivity contribution is 5.99. The number of piperazine rings is 1. The molecule has 1 aromatic rings. The van der Waals surface area contributed by atoms with Crippen molar-refractivity contribution in [2.24, 2.45) is 0 Å². The van der Waals surface area contributed by atoms with E-state index in [1.165, 1.54) is 6.42 Å². The maximum Gasteiger partial charge on any atom is 0.253 e. The van der Waals surface area contributed by atoms with Crippen LogP contribution in [0, 0.1) is 0 Å². The maximum absolute atomic E-state index is 12.7. The second kappa shape index (κ2) is 8.34. The van der Waals surface area contributed by atoms with Crippen molar-refractivity contribution in [1.29, 1.82) is 0 Å². The van der Waals surface area contributed by atoms with Gasteiger partial charge in [0.15, 0.2) is 0 Å². The molecule has 6 nitrogen and oxygen atoms in total. The van der Waals surface area contributed by atoms with Crippen LogP contribution in [-0.4, -0.2) is 59.7 Å². The monoisotopic (exact) mass is 357 g/mol. The summed E-state index contributed by atoms with van der Waals surface area (Å²) in [5, 5.41) is 3.09. The molecule has 2 fully saturated rings. The highest BCUT2D eigenvalue weighted by atomic mass is 16.2. The average molecular weight is 357 g/mol. The second-order valence-electron chi connectivity index (χ2n) is 7.19. The van der Waals surface area contributed by atoms with Gasteiger partial charge < -0.3 is 15.1 Å². The van der Waals surface area contributed by atoms with E-state index in [1.54, 1.807) is 41.0 Å². The number of carbonyl (C=O) groups excluding carboxylic acids is 3. The van der Waals surface area contributed by atoms with E-state index < -0.39 is 0 Å². The van der Waals surface area contributed by atoms with E-state index in [0.29, 0.717) is 37.3 Å². The van der Waals surface area contributed by atoms with Crippen LogP contribution in [-0.2, 0) is 4.79 Å². The molecular formula is C20H27N3O3. The third kappa shape index (κ3) is 4.42. The SMILES string of the molecule is CC(=O)N1CCN(C(=O)c2cccc(C(=O)NC3CCCCC3)c2)CC1. The summed E-state index contributed by atoms with van der Waals surface area (Å²) < 4.78 is 0. The molecule has 1 saturated carbocycles. The van der Waals surface area contributed by atoms with Crippen molar-refractivity contribution < 1.29 is 14.4 Å². The van der Waals surface area contributed by atoms with Gasteiger partial charge in [0, 0.05) is 50.3 Å². The largest absolute Gasteiger partial charge is 0.349 e. The van der Waals surface area contributed by atoms with Crippen molar-refractivity contribution in [3.63, 3.8) is 0 Å². The van der Waals surface area contributed by atoms with E-state index in [0.717, 1.165) is 25.7 Å². The summed E-state index contributed by atoms with van der Waals surface area (Å²) in [5.41, 5.74) is 1.06. The van der Waals surface area contributed by atoms with Crippen molar-refractivity contribution in [2.75, 3.05) is 26.2 Å². The first kappa shape index (κ1) is 18.4. The Morgan fingerprint density at radius 1 is 0.923 bits per heavy atom. The van der Waals surface area contributed by atoms with Crippen LogP contribution >= 0.6 is 0 Å². The lowest BCUT2D eigenvalue weighted by Gasteiger charge is -2.34. The fourth-order valence-electron chi connectivity index (χ4n) is 3.72. The van der Waals surface area contributed by atoms with Crippen LogP contribution in [0.1, 0.15) is 59.7 Å². The zero-order valence-corrected chi connectivity index (χ0v) is 15.4. The van der Waals surface area contributed by atoms with E-state index in [4.69, 9.17) is 0 Å². The number of nitrogens with one attached hydrogen (secondary N) is 1.